The smallest absolute Gasteiger partial charge is 0.313 e. The molecule has 1 aromatic carbocycles. The Hall–Kier alpha value is -3.41. The number of carbonyl (C=O) groups excluding carboxylic acids is 2. The number of pyridine rings is 1. The highest BCUT2D eigenvalue weighted by Gasteiger charge is 2.23. The number of aromatic nitrogens is 1. The lowest BCUT2D eigenvalue weighted by atomic mass is 10.2. The highest BCUT2D eigenvalue weighted by molar-refractivity contribution is 6.39. The van der Waals surface area contributed by atoms with E-state index in [1.807, 2.05) is 12.1 Å². The maximum atomic E-state index is 12.6. The number of nitrogens with zero attached hydrogens (tertiary/aromatic N) is 2. The van der Waals surface area contributed by atoms with Crippen LogP contribution in [0.3, 0.4) is 0 Å². The van der Waals surface area contributed by atoms with E-state index in [-0.39, 0.29) is 13.1 Å². The van der Waals surface area contributed by atoms with Gasteiger partial charge < -0.3 is 14.6 Å². The van der Waals surface area contributed by atoms with Crippen LogP contribution in [0.4, 0.5) is 5.69 Å². The summed E-state index contributed by atoms with van der Waals surface area (Å²) < 4.78 is 5.31. The fraction of sp³-hybridized carbons (Fsp3) is 0.105. The summed E-state index contributed by atoms with van der Waals surface area (Å²) in [5.41, 5.74) is 1.40. The first-order chi connectivity index (χ1) is 12.2. The number of anilines is 1. The minimum Gasteiger partial charge on any atom is -0.467 e. The standard InChI is InChI=1S/C19H17N3O3/c23-18(21-16-7-2-1-3-8-16)19(24)22(14-17-9-5-11-25-17)13-15-6-4-10-20-12-15/h1-12H,13-14H2,(H,21,23). The summed E-state index contributed by atoms with van der Waals surface area (Å²) in [5, 5.41) is 2.61. The molecule has 0 aliphatic heterocycles. The number of furan rings is 1. The van der Waals surface area contributed by atoms with Gasteiger partial charge in [-0.25, -0.2) is 0 Å². The monoisotopic (exact) mass is 335 g/mol. The Morgan fingerprint density at radius 1 is 1.00 bits per heavy atom. The van der Waals surface area contributed by atoms with E-state index in [0.29, 0.717) is 11.4 Å². The van der Waals surface area contributed by atoms with Gasteiger partial charge in [0.15, 0.2) is 0 Å². The highest BCUT2D eigenvalue weighted by Crippen LogP contribution is 2.12. The third-order valence-electron chi connectivity index (χ3n) is 3.54. The van der Waals surface area contributed by atoms with Crippen molar-refractivity contribution in [2.24, 2.45) is 0 Å². The van der Waals surface area contributed by atoms with E-state index in [4.69, 9.17) is 4.42 Å². The molecule has 0 aliphatic carbocycles. The predicted octanol–water partition coefficient (Wildman–Crippen LogP) is 2.84. The molecular formula is C19H17N3O3. The molecule has 0 saturated heterocycles. The van der Waals surface area contributed by atoms with Crippen LogP contribution in [-0.2, 0) is 22.7 Å². The molecule has 6 nitrogen and oxygen atoms in total. The fourth-order valence-electron chi connectivity index (χ4n) is 2.35. The van der Waals surface area contributed by atoms with E-state index < -0.39 is 11.8 Å². The van der Waals surface area contributed by atoms with E-state index in [2.05, 4.69) is 10.3 Å². The van der Waals surface area contributed by atoms with Gasteiger partial charge in [0, 0.05) is 24.6 Å². The van der Waals surface area contributed by atoms with Crippen molar-refractivity contribution in [3.63, 3.8) is 0 Å². The fourth-order valence-corrected chi connectivity index (χ4v) is 2.35. The van der Waals surface area contributed by atoms with Gasteiger partial charge in [0.05, 0.1) is 12.8 Å². The van der Waals surface area contributed by atoms with Crippen molar-refractivity contribution in [1.82, 2.24) is 9.88 Å². The van der Waals surface area contributed by atoms with Crippen LogP contribution in [0.5, 0.6) is 0 Å². The Kier molecular flexibility index (Phi) is 5.21. The SMILES string of the molecule is O=C(Nc1ccccc1)C(=O)N(Cc1cccnc1)Cc1ccco1. The summed E-state index contributed by atoms with van der Waals surface area (Å²) in [5.74, 6) is -0.726. The Balaban J connectivity index is 1.75. The van der Waals surface area contributed by atoms with Gasteiger partial charge in [-0.3, -0.25) is 14.6 Å². The lowest BCUT2D eigenvalue weighted by Crippen LogP contribution is -2.38. The van der Waals surface area contributed by atoms with Crippen LogP contribution in [0, 0.1) is 0 Å². The molecule has 3 rings (SSSR count). The minimum absolute atomic E-state index is 0.197. The Bertz CT molecular complexity index is 818. The van der Waals surface area contributed by atoms with Gasteiger partial charge in [0.25, 0.3) is 0 Å². The molecule has 0 aliphatic rings. The summed E-state index contributed by atoms with van der Waals surface area (Å²) in [4.78, 5) is 30.4. The molecule has 2 aromatic heterocycles. The second kappa shape index (κ2) is 7.92. The summed E-state index contributed by atoms with van der Waals surface area (Å²) >= 11 is 0. The summed E-state index contributed by atoms with van der Waals surface area (Å²) in [6.45, 7) is 0.457. The normalized spacial score (nSPS) is 10.2. The molecule has 2 amide bonds. The van der Waals surface area contributed by atoms with Crippen LogP contribution >= 0.6 is 0 Å². The average Bonchev–Trinajstić information content (AvgIpc) is 3.15. The molecule has 1 N–H and O–H groups in total. The van der Waals surface area contributed by atoms with E-state index >= 15 is 0 Å². The number of nitrogens with one attached hydrogen (secondary N) is 1. The third kappa shape index (κ3) is 4.54. The topological polar surface area (TPSA) is 75.4 Å². The number of hydrogen-bond donors (Lipinski definition) is 1. The summed E-state index contributed by atoms with van der Waals surface area (Å²) in [6.07, 6.45) is 4.86. The van der Waals surface area contributed by atoms with E-state index in [1.54, 1.807) is 54.9 Å². The summed E-state index contributed by atoms with van der Waals surface area (Å²) in [7, 11) is 0. The van der Waals surface area contributed by atoms with Crippen molar-refractivity contribution in [2.75, 3.05) is 5.32 Å². The Morgan fingerprint density at radius 3 is 2.52 bits per heavy atom. The molecule has 2 heterocycles. The molecule has 0 spiro atoms. The van der Waals surface area contributed by atoms with Gasteiger partial charge in [-0.05, 0) is 35.9 Å². The van der Waals surface area contributed by atoms with Crippen molar-refractivity contribution in [2.45, 2.75) is 13.1 Å². The van der Waals surface area contributed by atoms with Gasteiger partial charge in [-0.15, -0.1) is 0 Å². The van der Waals surface area contributed by atoms with E-state index in [1.165, 1.54) is 11.2 Å². The lowest BCUT2D eigenvalue weighted by molar-refractivity contribution is -0.144. The second-order valence-electron chi connectivity index (χ2n) is 5.42. The van der Waals surface area contributed by atoms with E-state index in [9.17, 15) is 9.59 Å². The molecule has 0 fully saturated rings. The summed E-state index contributed by atoms with van der Waals surface area (Å²) in [6, 6.07) is 16.0. The van der Waals surface area contributed by atoms with Crippen molar-refractivity contribution >= 4 is 17.5 Å². The zero-order valence-corrected chi connectivity index (χ0v) is 13.5. The number of benzene rings is 1. The van der Waals surface area contributed by atoms with Crippen LogP contribution < -0.4 is 5.32 Å². The Labute approximate surface area is 145 Å². The predicted molar refractivity (Wildman–Crippen MR) is 92.3 cm³/mol. The molecular weight excluding hydrogens is 318 g/mol. The third-order valence-corrected chi connectivity index (χ3v) is 3.54. The van der Waals surface area contributed by atoms with Gasteiger partial charge in [-0.2, -0.15) is 0 Å². The Morgan fingerprint density at radius 2 is 1.84 bits per heavy atom. The number of hydrogen-bond acceptors (Lipinski definition) is 4. The zero-order chi connectivity index (χ0) is 17.5. The van der Waals surface area contributed by atoms with E-state index in [0.717, 1.165) is 5.56 Å². The molecule has 0 bridgehead atoms. The van der Waals surface area contributed by atoms with Gasteiger partial charge in [0.1, 0.15) is 5.76 Å². The number of amides is 2. The van der Waals surface area contributed by atoms with Crippen molar-refractivity contribution < 1.29 is 14.0 Å². The van der Waals surface area contributed by atoms with Crippen LogP contribution in [-0.4, -0.2) is 21.7 Å². The van der Waals surface area contributed by atoms with Gasteiger partial charge in [0.2, 0.25) is 0 Å². The van der Waals surface area contributed by atoms with Crippen LogP contribution in [0.15, 0.2) is 77.7 Å². The maximum Gasteiger partial charge on any atom is 0.313 e. The molecule has 0 unspecified atom stereocenters. The first kappa shape index (κ1) is 16.4. The number of para-hydroxylation sites is 1. The molecule has 126 valence electrons. The van der Waals surface area contributed by atoms with Crippen molar-refractivity contribution in [1.29, 1.82) is 0 Å². The maximum absolute atomic E-state index is 12.6. The molecule has 6 heteroatoms. The molecule has 0 saturated carbocycles. The lowest BCUT2D eigenvalue weighted by Gasteiger charge is -2.21. The number of rotatable bonds is 5. The second-order valence-corrected chi connectivity index (χ2v) is 5.42. The first-order valence-corrected chi connectivity index (χ1v) is 7.79. The molecule has 3 aromatic rings. The number of carbonyl (C=O) groups is 2. The van der Waals surface area contributed by atoms with Crippen molar-refractivity contribution in [3.05, 3.63) is 84.6 Å². The largest absolute Gasteiger partial charge is 0.467 e. The van der Waals surface area contributed by atoms with Gasteiger partial charge in [-0.1, -0.05) is 24.3 Å². The molecule has 0 atom stereocenters. The quantitative estimate of drug-likeness (QED) is 0.728. The molecule has 25 heavy (non-hydrogen) atoms. The van der Waals surface area contributed by atoms with Crippen LogP contribution in [0.2, 0.25) is 0 Å². The highest BCUT2D eigenvalue weighted by atomic mass is 16.3. The first-order valence-electron chi connectivity index (χ1n) is 7.79. The van der Waals surface area contributed by atoms with Crippen LogP contribution in [0.25, 0.3) is 0 Å². The molecule has 0 radical (unpaired) electrons. The zero-order valence-electron chi connectivity index (χ0n) is 13.5. The van der Waals surface area contributed by atoms with Crippen molar-refractivity contribution in [3.8, 4) is 0 Å². The average molecular weight is 335 g/mol. The van der Waals surface area contributed by atoms with Crippen LogP contribution in [0.1, 0.15) is 11.3 Å². The minimum atomic E-state index is -0.693. The van der Waals surface area contributed by atoms with Gasteiger partial charge >= 0.3 is 11.8 Å².